The third-order valence-corrected chi connectivity index (χ3v) is 1.94. The first-order valence-corrected chi connectivity index (χ1v) is 6.66. The van der Waals surface area contributed by atoms with Gasteiger partial charge in [0.25, 0.3) is 11.9 Å². The second kappa shape index (κ2) is 12.7. The van der Waals surface area contributed by atoms with E-state index in [0.29, 0.717) is 0 Å². The number of para-hydroxylation sites is 2. The van der Waals surface area contributed by atoms with Crippen LogP contribution in [0.5, 0.6) is 11.5 Å². The highest BCUT2D eigenvalue weighted by atomic mass is 16.7. The third kappa shape index (κ3) is 15.2. The predicted molar refractivity (Wildman–Crippen MR) is 85.6 cm³/mol. The Bertz CT molecular complexity index is 494. The number of rotatable bonds is 4. The molecule has 6 heteroatoms. The number of carboxylic acids is 2. The molecule has 0 amide bonds. The smallest absolute Gasteiger partial charge is 0.300 e. The molecule has 2 N–H and O–H groups in total. The van der Waals surface area contributed by atoms with Crippen molar-refractivity contribution in [1.29, 1.82) is 0 Å². The fraction of sp³-hybridized carbons (Fsp3) is 0.176. The second-order valence-corrected chi connectivity index (χ2v) is 4.07. The molecule has 2 aromatic carbocycles. The average Bonchev–Trinajstić information content (AvgIpc) is 2.48. The molecule has 0 saturated heterocycles. The van der Waals surface area contributed by atoms with Gasteiger partial charge in [-0.1, -0.05) is 36.4 Å². The average molecular weight is 320 g/mol. The summed E-state index contributed by atoms with van der Waals surface area (Å²) < 4.78 is 10.8. The quantitative estimate of drug-likeness (QED) is 0.840. The molecule has 23 heavy (non-hydrogen) atoms. The highest BCUT2D eigenvalue weighted by Gasteiger charge is 1.92. The third-order valence-electron chi connectivity index (χ3n) is 1.94. The summed E-state index contributed by atoms with van der Waals surface area (Å²) in [7, 11) is 0. The minimum Gasteiger partial charge on any atom is -0.481 e. The molecule has 0 heterocycles. The van der Waals surface area contributed by atoms with E-state index in [2.05, 4.69) is 0 Å². The first kappa shape index (κ1) is 20.0. The molecule has 0 saturated carbocycles. The molecular weight excluding hydrogens is 300 g/mol. The van der Waals surface area contributed by atoms with Crippen molar-refractivity contribution in [3.8, 4) is 11.5 Å². The van der Waals surface area contributed by atoms with E-state index in [4.69, 9.17) is 29.3 Å². The van der Waals surface area contributed by atoms with Gasteiger partial charge in [-0.15, -0.1) is 0 Å². The van der Waals surface area contributed by atoms with Crippen molar-refractivity contribution in [2.75, 3.05) is 6.79 Å². The van der Waals surface area contributed by atoms with Crippen molar-refractivity contribution in [2.45, 2.75) is 13.8 Å². The molecule has 0 aliphatic heterocycles. The van der Waals surface area contributed by atoms with Crippen LogP contribution in [0.4, 0.5) is 0 Å². The summed E-state index contributed by atoms with van der Waals surface area (Å²) in [5.41, 5.74) is 0. The molecule has 2 aromatic rings. The second-order valence-electron chi connectivity index (χ2n) is 4.07. The number of benzene rings is 2. The molecule has 0 spiro atoms. The topological polar surface area (TPSA) is 93.1 Å². The largest absolute Gasteiger partial charge is 0.481 e. The van der Waals surface area contributed by atoms with Crippen molar-refractivity contribution in [2.24, 2.45) is 0 Å². The zero-order valence-electron chi connectivity index (χ0n) is 13.0. The van der Waals surface area contributed by atoms with Crippen LogP contribution in [0.2, 0.25) is 0 Å². The van der Waals surface area contributed by atoms with Crippen LogP contribution in [0.25, 0.3) is 0 Å². The number of ether oxygens (including phenoxy) is 2. The predicted octanol–water partition coefficient (Wildman–Crippen LogP) is 3.28. The van der Waals surface area contributed by atoms with Gasteiger partial charge < -0.3 is 19.7 Å². The Morgan fingerprint density at radius 1 is 0.739 bits per heavy atom. The van der Waals surface area contributed by atoms with Gasteiger partial charge in [0, 0.05) is 13.8 Å². The molecule has 0 atom stereocenters. The lowest BCUT2D eigenvalue weighted by Gasteiger charge is -2.07. The van der Waals surface area contributed by atoms with E-state index in [-0.39, 0.29) is 6.79 Å². The fourth-order valence-corrected chi connectivity index (χ4v) is 1.20. The van der Waals surface area contributed by atoms with Crippen molar-refractivity contribution in [1.82, 2.24) is 0 Å². The first-order valence-electron chi connectivity index (χ1n) is 6.66. The maximum absolute atomic E-state index is 9.00. The molecule has 0 fully saturated rings. The Morgan fingerprint density at radius 2 is 1.00 bits per heavy atom. The van der Waals surface area contributed by atoms with Crippen molar-refractivity contribution in [3.05, 3.63) is 60.7 Å². The summed E-state index contributed by atoms with van der Waals surface area (Å²) in [6.07, 6.45) is 0. The minimum absolute atomic E-state index is 0.230. The summed E-state index contributed by atoms with van der Waals surface area (Å²) >= 11 is 0. The number of carboxylic acid groups (broad SMARTS) is 2. The molecule has 2 rings (SSSR count). The summed E-state index contributed by atoms with van der Waals surface area (Å²) in [6.45, 7) is 2.40. The number of carbonyl (C=O) groups is 2. The Kier molecular flexibility index (Phi) is 11.0. The van der Waals surface area contributed by atoms with Crippen LogP contribution >= 0.6 is 0 Å². The van der Waals surface area contributed by atoms with Crippen LogP contribution in [0.15, 0.2) is 60.7 Å². The van der Waals surface area contributed by atoms with Crippen molar-refractivity contribution >= 4 is 11.9 Å². The zero-order chi connectivity index (χ0) is 17.5. The van der Waals surface area contributed by atoms with Gasteiger partial charge in [-0.05, 0) is 24.3 Å². The van der Waals surface area contributed by atoms with E-state index >= 15 is 0 Å². The first-order chi connectivity index (χ1) is 10.9. The number of hydrogen-bond donors (Lipinski definition) is 2. The highest BCUT2D eigenvalue weighted by molar-refractivity contribution is 5.63. The Balaban J connectivity index is 0.000000509. The summed E-state index contributed by atoms with van der Waals surface area (Å²) in [5, 5.41) is 14.8. The SMILES string of the molecule is CC(=O)O.CC(=O)O.c1ccc(OCOc2ccccc2)cc1. The molecule has 0 unspecified atom stereocenters. The normalized spacial score (nSPS) is 8.43. The van der Waals surface area contributed by atoms with Crippen LogP contribution in [0, 0.1) is 0 Å². The highest BCUT2D eigenvalue weighted by Crippen LogP contribution is 2.11. The van der Waals surface area contributed by atoms with Gasteiger partial charge in [0.15, 0.2) is 0 Å². The van der Waals surface area contributed by atoms with E-state index in [9.17, 15) is 0 Å². The molecular formula is C17H20O6. The van der Waals surface area contributed by atoms with Gasteiger partial charge >= 0.3 is 0 Å². The standard InChI is InChI=1S/C13H12O2.2C2H4O2/c1-3-7-12(8-4-1)14-11-15-13-9-5-2-6-10-13;2*1-2(3)4/h1-10H,11H2;2*1H3,(H,3,4). The van der Waals surface area contributed by atoms with Crippen molar-refractivity contribution < 1.29 is 29.3 Å². The summed E-state index contributed by atoms with van der Waals surface area (Å²) in [4.78, 5) is 18.0. The molecule has 0 bridgehead atoms. The van der Waals surface area contributed by atoms with E-state index in [1.165, 1.54) is 0 Å². The molecule has 0 aromatic heterocycles. The fourth-order valence-electron chi connectivity index (χ4n) is 1.20. The van der Waals surface area contributed by atoms with Gasteiger partial charge in [0.1, 0.15) is 11.5 Å². The van der Waals surface area contributed by atoms with Crippen molar-refractivity contribution in [3.63, 3.8) is 0 Å². The molecule has 0 aliphatic rings. The van der Waals surface area contributed by atoms with Gasteiger partial charge in [-0.3, -0.25) is 9.59 Å². The number of hydrogen-bond acceptors (Lipinski definition) is 4. The monoisotopic (exact) mass is 320 g/mol. The Morgan fingerprint density at radius 3 is 1.26 bits per heavy atom. The van der Waals surface area contributed by atoms with Crippen LogP contribution in [-0.2, 0) is 9.59 Å². The lowest BCUT2D eigenvalue weighted by Crippen LogP contribution is -2.05. The molecule has 6 nitrogen and oxygen atoms in total. The molecule has 0 aliphatic carbocycles. The van der Waals surface area contributed by atoms with Gasteiger partial charge in [0.05, 0.1) is 0 Å². The molecule has 124 valence electrons. The zero-order valence-corrected chi connectivity index (χ0v) is 13.0. The van der Waals surface area contributed by atoms with E-state index in [0.717, 1.165) is 25.3 Å². The minimum atomic E-state index is -0.833. The lowest BCUT2D eigenvalue weighted by molar-refractivity contribution is -0.135. The van der Waals surface area contributed by atoms with Gasteiger partial charge in [-0.25, -0.2) is 0 Å². The van der Waals surface area contributed by atoms with E-state index < -0.39 is 11.9 Å². The van der Waals surface area contributed by atoms with Crippen LogP contribution < -0.4 is 9.47 Å². The summed E-state index contributed by atoms with van der Waals surface area (Å²) in [5.74, 6) is -0.0399. The number of aliphatic carboxylic acids is 2. The Hall–Kier alpha value is -3.02. The lowest BCUT2D eigenvalue weighted by atomic mass is 10.3. The van der Waals surface area contributed by atoms with Crippen LogP contribution in [0.1, 0.15) is 13.8 Å². The Labute approximate surface area is 134 Å². The molecule has 0 radical (unpaired) electrons. The maximum atomic E-state index is 9.00. The van der Waals surface area contributed by atoms with Gasteiger partial charge in [0.2, 0.25) is 6.79 Å². The van der Waals surface area contributed by atoms with Crippen LogP contribution in [-0.4, -0.2) is 28.9 Å². The van der Waals surface area contributed by atoms with Crippen LogP contribution in [0.3, 0.4) is 0 Å². The van der Waals surface area contributed by atoms with E-state index in [1.54, 1.807) is 0 Å². The van der Waals surface area contributed by atoms with Gasteiger partial charge in [-0.2, -0.15) is 0 Å². The maximum Gasteiger partial charge on any atom is 0.300 e. The van der Waals surface area contributed by atoms with E-state index in [1.807, 2.05) is 60.7 Å². The summed E-state index contributed by atoms with van der Waals surface area (Å²) in [6, 6.07) is 19.2.